The molecule has 0 aliphatic heterocycles. The van der Waals surface area contributed by atoms with E-state index in [9.17, 15) is 0 Å². The summed E-state index contributed by atoms with van der Waals surface area (Å²) in [4.78, 5) is 1.16. The lowest BCUT2D eigenvalue weighted by Crippen LogP contribution is -2.38. The van der Waals surface area contributed by atoms with Gasteiger partial charge in [0.15, 0.2) is 0 Å². The fourth-order valence-electron chi connectivity index (χ4n) is 1.93. The summed E-state index contributed by atoms with van der Waals surface area (Å²) in [6.07, 6.45) is 0. The van der Waals surface area contributed by atoms with E-state index in [1.807, 2.05) is 18.2 Å². The standard InChI is InChI=1S/C14H23NOS/c1-10(15)13(14(2,3)4)17-12-9-7-6-8-11(12)16-5/h6-10,13H,15H2,1-5H3. The van der Waals surface area contributed by atoms with Crippen molar-refractivity contribution in [2.45, 2.75) is 43.9 Å². The van der Waals surface area contributed by atoms with Crippen LogP contribution in [0.5, 0.6) is 5.75 Å². The normalized spacial score (nSPS) is 15.4. The largest absolute Gasteiger partial charge is 0.496 e. The Morgan fingerprint density at radius 1 is 1.24 bits per heavy atom. The molecule has 0 aliphatic rings. The van der Waals surface area contributed by atoms with E-state index in [4.69, 9.17) is 10.5 Å². The molecule has 0 aromatic heterocycles. The molecule has 0 heterocycles. The van der Waals surface area contributed by atoms with Gasteiger partial charge >= 0.3 is 0 Å². The van der Waals surface area contributed by atoms with E-state index >= 15 is 0 Å². The third-order valence-corrected chi connectivity index (χ3v) is 4.64. The Bertz CT molecular complexity index is 357. The highest BCUT2D eigenvalue weighted by atomic mass is 32.2. The van der Waals surface area contributed by atoms with Gasteiger partial charge in [-0.15, -0.1) is 11.8 Å². The van der Waals surface area contributed by atoms with E-state index in [0.717, 1.165) is 10.6 Å². The molecule has 0 amide bonds. The molecule has 1 aromatic rings. The van der Waals surface area contributed by atoms with Crippen LogP contribution in [0.2, 0.25) is 0 Å². The summed E-state index contributed by atoms with van der Waals surface area (Å²) in [7, 11) is 1.71. The molecule has 0 aliphatic carbocycles. The van der Waals surface area contributed by atoms with Crippen LogP contribution in [-0.2, 0) is 0 Å². The van der Waals surface area contributed by atoms with Gasteiger partial charge in [0.05, 0.1) is 7.11 Å². The first kappa shape index (κ1) is 14.4. The summed E-state index contributed by atoms with van der Waals surface area (Å²) in [6, 6.07) is 8.24. The Hall–Kier alpha value is -0.670. The average molecular weight is 253 g/mol. The number of thioether (sulfide) groups is 1. The number of hydrogen-bond acceptors (Lipinski definition) is 3. The van der Waals surface area contributed by atoms with Crippen LogP contribution in [0.15, 0.2) is 29.2 Å². The fourth-order valence-corrected chi connectivity index (χ4v) is 3.19. The molecule has 0 radical (unpaired) electrons. The molecule has 17 heavy (non-hydrogen) atoms. The first-order valence-electron chi connectivity index (χ1n) is 5.91. The van der Waals surface area contributed by atoms with Crippen molar-refractivity contribution in [3.8, 4) is 5.75 Å². The van der Waals surface area contributed by atoms with Gasteiger partial charge in [0.1, 0.15) is 5.75 Å². The predicted octanol–water partition coefficient (Wildman–Crippen LogP) is 3.55. The number of nitrogens with two attached hydrogens (primary N) is 1. The summed E-state index contributed by atoms with van der Waals surface area (Å²) in [5.74, 6) is 0.924. The first-order chi connectivity index (χ1) is 7.86. The van der Waals surface area contributed by atoms with Crippen molar-refractivity contribution in [1.82, 2.24) is 0 Å². The minimum absolute atomic E-state index is 0.143. The maximum absolute atomic E-state index is 6.10. The third kappa shape index (κ3) is 3.93. The molecule has 0 fully saturated rings. The van der Waals surface area contributed by atoms with Gasteiger partial charge in [-0.3, -0.25) is 0 Å². The second-order valence-electron chi connectivity index (χ2n) is 5.41. The molecular formula is C14H23NOS. The maximum atomic E-state index is 6.10. The van der Waals surface area contributed by atoms with E-state index in [-0.39, 0.29) is 11.5 Å². The van der Waals surface area contributed by atoms with Crippen LogP contribution >= 0.6 is 11.8 Å². The molecule has 0 saturated carbocycles. The van der Waals surface area contributed by atoms with Gasteiger partial charge in [-0.05, 0) is 24.5 Å². The van der Waals surface area contributed by atoms with Gasteiger partial charge in [-0.1, -0.05) is 32.9 Å². The van der Waals surface area contributed by atoms with E-state index in [0.29, 0.717) is 5.25 Å². The van der Waals surface area contributed by atoms with Crippen LogP contribution in [0.4, 0.5) is 0 Å². The SMILES string of the molecule is COc1ccccc1SC(C(C)N)C(C)(C)C. The zero-order valence-electron chi connectivity index (χ0n) is 11.4. The van der Waals surface area contributed by atoms with Gasteiger partial charge in [-0.2, -0.15) is 0 Å². The number of ether oxygens (including phenoxy) is 1. The number of rotatable bonds is 4. The van der Waals surface area contributed by atoms with E-state index in [1.54, 1.807) is 18.9 Å². The predicted molar refractivity (Wildman–Crippen MR) is 75.7 cm³/mol. The summed E-state index contributed by atoms with van der Waals surface area (Å²) in [5.41, 5.74) is 6.27. The lowest BCUT2D eigenvalue weighted by atomic mass is 9.88. The van der Waals surface area contributed by atoms with E-state index in [1.165, 1.54) is 0 Å². The Morgan fingerprint density at radius 3 is 2.29 bits per heavy atom. The van der Waals surface area contributed by atoms with Crippen LogP contribution in [0, 0.1) is 5.41 Å². The number of para-hydroxylation sites is 1. The topological polar surface area (TPSA) is 35.2 Å². The monoisotopic (exact) mass is 253 g/mol. The van der Waals surface area contributed by atoms with Gasteiger partial charge in [-0.25, -0.2) is 0 Å². The Balaban J connectivity index is 2.94. The highest BCUT2D eigenvalue weighted by molar-refractivity contribution is 8.00. The summed E-state index contributed by atoms with van der Waals surface area (Å²) in [5, 5.41) is 0.360. The van der Waals surface area contributed by atoms with Gasteiger partial charge < -0.3 is 10.5 Å². The van der Waals surface area contributed by atoms with E-state index < -0.39 is 0 Å². The zero-order chi connectivity index (χ0) is 13.1. The molecule has 0 spiro atoms. The van der Waals surface area contributed by atoms with Crippen LogP contribution in [0.1, 0.15) is 27.7 Å². The Morgan fingerprint density at radius 2 is 1.82 bits per heavy atom. The van der Waals surface area contributed by atoms with Gasteiger partial charge in [0.25, 0.3) is 0 Å². The number of hydrogen-bond donors (Lipinski definition) is 1. The molecule has 1 rings (SSSR count). The molecule has 0 saturated heterocycles. The Kier molecular flexibility index (Phi) is 4.90. The molecule has 0 bridgehead atoms. The smallest absolute Gasteiger partial charge is 0.132 e. The average Bonchev–Trinajstić information content (AvgIpc) is 2.24. The van der Waals surface area contributed by atoms with Crippen LogP contribution in [0.3, 0.4) is 0 Å². The number of benzene rings is 1. The second kappa shape index (κ2) is 5.78. The van der Waals surface area contributed by atoms with E-state index in [2.05, 4.69) is 33.8 Å². The first-order valence-corrected chi connectivity index (χ1v) is 6.79. The highest BCUT2D eigenvalue weighted by Gasteiger charge is 2.29. The van der Waals surface area contributed by atoms with Gasteiger partial charge in [0, 0.05) is 16.2 Å². The van der Waals surface area contributed by atoms with Gasteiger partial charge in [0.2, 0.25) is 0 Å². The quantitative estimate of drug-likeness (QED) is 0.833. The number of methoxy groups -OCH3 is 1. The van der Waals surface area contributed by atoms with Crippen LogP contribution < -0.4 is 10.5 Å². The minimum Gasteiger partial charge on any atom is -0.496 e. The van der Waals surface area contributed by atoms with Crippen molar-refractivity contribution in [2.75, 3.05) is 7.11 Å². The van der Waals surface area contributed by atoms with Crippen molar-refractivity contribution in [2.24, 2.45) is 11.1 Å². The molecule has 2 N–H and O–H groups in total. The van der Waals surface area contributed by atoms with Crippen molar-refractivity contribution >= 4 is 11.8 Å². The molecule has 2 nitrogen and oxygen atoms in total. The van der Waals surface area contributed by atoms with Crippen molar-refractivity contribution < 1.29 is 4.74 Å². The Labute approximate surface area is 109 Å². The van der Waals surface area contributed by atoms with Crippen LogP contribution in [-0.4, -0.2) is 18.4 Å². The zero-order valence-corrected chi connectivity index (χ0v) is 12.2. The molecule has 1 aromatic carbocycles. The highest BCUT2D eigenvalue weighted by Crippen LogP contribution is 2.40. The van der Waals surface area contributed by atoms with Crippen LogP contribution in [0.25, 0.3) is 0 Å². The third-order valence-electron chi connectivity index (χ3n) is 2.65. The van der Waals surface area contributed by atoms with Crippen molar-refractivity contribution in [1.29, 1.82) is 0 Å². The van der Waals surface area contributed by atoms with Crippen molar-refractivity contribution in [3.05, 3.63) is 24.3 Å². The molecule has 2 atom stereocenters. The second-order valence-corrected chi connectivity index (χ2v) is 6.60. The molecule has 3 heteroatoms. The summed E-state index contributed by atoms with van der Waals surface area (Å²) in [6.45, 7) is 8.74. The summed E-state index contributed by atoms with van der Waals surface area (Å²) >= 11 is 1.80. The minimum atomic E-state index is 0.143. The lowest BCUT2D eigenvalue weighted by molar-refractivity contribution is 0.362. The van der Waals surface area contributed by atoms with Crippen molar-refractivity contribution in [3.63, 3.8) is 0 Å². The summed E-state index contributed by atoms with van der Waals surface area (Å²) < 4.78 is 5.38. The fraction of sp³-hybridized carbons (Fsp3) is 0.571. The molecule has 2 unspecified atom stereocenters. The maximum Gasteiger partial charge on any atom is 0.132 e. The molecular weight excluding hydrogens is 230 g/mol. The molecule has 96 valence electrons. The lowest BCUT2D eigenvalue weighted by Gasteiger charge is -2.33.